The quantitative estimate of drug-likeness (QED) is 0.104. The fraction of sp³-hybridized carbons (Fsp3) is 0.667. The summed E-state index contributed by atoms with van der Waals surface area (Å²) in [5.74, 6) is 1.06. The first-order valence-corrected chi connectivity index (χ1v) is 15.8. The van der Waals surface area contributed by atoms with Gasteiger partial charge in [0.2, 0.25) is 0 Å². The molecular weight excluding hydrogens is 453 g/mol. The second-order valence-electron chi connectivity index (χ2n) is 9.95. The lowest BCUT2D eigenvalue weighted by molar-refractivity contribution is 0.409. The van der Waals surface area contributed by atoms with Crippen LogP contribution in [0.25, 0.3) is 0 Å². The topological polar surface area (TPSA) is 0 Å². The van der Waals surface area contributed by atoms with Gasteiger partial charge in [0.15, 0.2) is 0 Å². The van der Waals surface area contributed by atoms with Crippen molar-refractivity contribution >= 4 is 44.7 Å². The van der Waals surface area contributed by atoms with Crippen molar-refractivity contribution < 1.29 is 0 Å². The van der Waals surface area contributed by atoms with Crippen LogP contribution in [0.4, 0.5) is 0 Å². The van der Waals surface area contributed by atoms with E-state index < -0.39 is 0 Å². The lowest BCUT2D eigenvalue weighted by Crippen LogP contribution is -2.09. The third kappa shape index (κ3) is 11.0. The van der Waals surface area contributed by atoms with Crippen molar-refractivity contribution in [2.24, 2.45) is 5.41 Å². The minimum Gasteiger partial charge on any atom is -0.109 e. The molecule has 174 valence electrons. The van der Waals surface area contributed by atoms with Crippen molar-refractivity contribution in [3.05, 3.63) is 44.8 Å². The summed E-state index contributed by atoms with van der Waals surface area (Å²) in [5, 5.41) is 0. The summed E-state index contributed by atoms with van der Waals surface area (Å²) in [6, 6.07) is 9.08. The molecular formula is C27H42S4. The Balaban J connectivity index is 1.76. The predicted octanol–water partition coefficient (Wildman–Crippen LogP) is 10.9. The van der Waals surface area contributed by atoms with Crippen LogP contribution >= 0.6 is 44.7 Å². The summed E-state index contributed by atoms with van der Waals surface area (Å²) in [5.41, 5.74) is 4.75. The Morgan fingerprint density at radius 2 is 1.39 bits per heavy atom. The monoisotopic (exact) mass is 494 g/mol. The van der Waals surface area contributed by atoms with Gasteiger partial charge in [-0.1, -0.05) is 143 Å². The molecule has 0 saturated carbocycles. The highest BCUT2D eigenvalue weighted by atomic mass is 32.9. The van der Waals surface area contributed by atoms with Gasteiger partial charge in [-0.25, -0.2) is 0 Å². The highest BCUT2D eigenvalue weighted by molar-refractivity contribution is 8.02. The third-order valence-corrected chi connectivity index (χ3v) is 10.5. The average molecular weight is 495 g/mol. The lowest BCUT2D eigenvalue weighted by atomic mass is 9.90. The molecule has 4 heteroatoms. The van der Waals surface area contributed by atoms with Gasteiger partial charge >= 0.3 is 0 Å². The van der Waals surface area contributed by atoms with E-state index in [1.807, 2.05) is 22.1 Å². The first kappa shape index (κ1) is 27.1. The molecule has 0 aliphatic carbocycles. The van der Waals surface area contributed by atoms with Gasteiger partial charge in [0.05, 0.1) is 4.21 Å². The molecule has 0 aliphatic rings. The van der Waals surface area contributed by atoms with Gasteiger partial charge in [-0.3, -0.25) is 0 Å². The molecule has 2 rings (SSSR count). The molecule has 0 aliphatic heterocycles. The fourth-order valence-electron chi connectivity index (χ4n) is 3.93. The maximum Gasteiger partial charge on any atom is 0.106 e. The Bertz CT molecular complexity index is 794. The van der Waals surface area contributed by atoms with Crippen LogP contribution in [0.3, 0.4) is 0 Å². The normalized spacial score (nSPS) is 11.9. The van der Waals surface area contributed by atoms with E-state index in [-0.39, 0.29) is 5.41 Å². The van der Waals surface area contributed by atoms with Crippen molar-refractivity contribution in [3.63, 3.8) is 0 Å². The zero-order valence-electron chi connectivity index (χ0n) is 20.1. The minimum absolute atomic E-state index is 0.282. The van der Waals surface area contributed by atoms with E-state index in [2.05, 4.69) is 52.0 Å². The van der Waals surface area contributed by atoms with Crippen molar-refractivity contribution in [3.8, 4) is 0 Å². The van der Waals surface area contributed by atoms with E-state index in [1.165, 1.54) is 86.0 Å². The molecule has 0 atom stereocenters. The summed E-state index contributed by atoms with van der Waals surface area (Å²) < 4.78 is 2.54. The van der Waals surface area contributed by atoms with Crippen LogP contribution in [0.5, 0.6) is 0 Å². The SMILES string of the molecule is CCCCCCCCCCCCc1ccccc1CSc1ssc(=S)c1CC(C)(C)C. The molecule has 0 amide bonds. The molecule has 1 aromatic carbocycles. The van der Waals surface area contributed by atoms with Gasteiger partial charge in [-0.15, -0.1) is 11.8 Å². The standard InChI is InChI=1S/C27H42S4/c1-5-6-7-8-9-10-11-12-13-14-17-22-18-15-16-19-23(22)21-29-26-24(20-27(2,3)4)25(28)30-31-26/h15-16,18-19H,5-14,17,20-21H2,1-4H3. The number of rotatable bonds is 15. The molecule has 0 radical (unpaired) electrons. The van der Waals surface area contributed by atoms with Gasteiger partial charge in [0, 0.05) is 11.3 Å². The van der Waals surface area contributed by atoms with E-state index >= 15 is 0 Å². The maximum absolute atomic E-state index is 5.64. The molecule has 31 heavy (non-hydrogen) atoms. The van der Waals surface area contributed by atoms with Gasteiger partial charge in [-0.05, 0) is 35.8 Å². The number of thioether (sulfide) groups is 1. The average Bonchev–Trinajstić information content (AvgIpc) is 3.06. The zero-order chi connectivity index (χ0) is 22.5. The maximum atomic E-state index is 5.64. The first-order chi connectivity index (χ1) is 14.9. The molecule has 1 aromatic heterocycles. The summed E-state index contributed by atoms with van der Waals surface area (Å²) >= 11 is 7.64. The first-order valence-electron chi connectivity index (χ1n) is 12.2. The Labute approximate surface area is 208 Å². The number of hydrogen-bond donors (Lipinski definition) is 0. The van der Waals surface area contributed by atoms with E-state index in [1.54, 1.807) is 15.9 Å². The molecule has 0 bridgehead atoms. The molecule has 2 aromatic rings. The van der Waals surface area contributed by atoms with Crippen molar-refractivity contribution in [1.29, 1.82) is 0 Å². The largest absolute Gasteiger partial charge is 0.109 e. The van der Waals surface area contributed by atoms with E-state index in [9.17, 15) is 0 Å². The van der Waals surface area contributed by atoms with Crippen molar-refractivity contribution in [2.75, 3.05) is 0 Å². The highest BCUT2D eigenvalue weighted by Gasteiger charge is 2.18. The fourth-order valence-corrected chi connectivity index (χ4v) is 8.46. The van der Waals surface area contributed by atoms with Crippen LogP contribution in [-0.2, 0) is 18.6 Å². The second-order valence-corrected chi connectivity index (χ2v) is 14.0. The Kier molecular flexibility index (Phi) is 13.0. The summed E-state index contributed by atoms with van der Waals surface area (Å²) in [7, 11) is 3.65. The summed E-state index contributed by atoms with van der Waals surface area (Å²) in [6.45, 7) is 9.21. The lowest BCUT2D eigenvalue weighted by Gasteiger charge is -2.18. The van der Waals surface area contributed by atoms with Crippen LogP contribution in [0.1, 0.15) is 109 Å². The van der Waals surface area contributed by atoms with Gasteiger partial charge in [-0.2, -0.15) is 0 Å². The second kappa shape index (κ2) is 14.9. The van der Waals surface area contributed by atoms with E-state index in [4.69, 9.17) is 12.2 Å². The Morgan fingerprint density at radius 1 is 0.806 bits per heavy atom. The number of hydrogen-bond acceptors (Lipinski definition) is 4. The van der Waals surface area contributed by atoms with Crippen LogP contribution in [0, 0.1) is 9.24 Å². The molecule has 0 fully saturated rings. The zero-order valence-corrected chi connectivity index (χ0v) is 23.4. The smallest absolute Gasteiger partial charge is 0.106 e. The Hall–Kier alpha value is -0.160. The molecule has 0 spiro atoms. The van der Waals surface area contributed by atoms with Crippen LogP contribution in [0.15, 0.2) is 28.5 Å². The van der Waals surface area contributed by atoms with Crippen molar-refractivity contribution in [2.45, 2.75) is 115 Å². The van der Waals surface area contributed by atoms with Crippen LogP contribution in [0.2, 0.25) is 0 Å². The predicted molar refractivity (Wildman–Crippen MR) is 148 cm³/mol. The van der Waals surface area contributed by atoms with Crippen LogP contribution in [-0.4, -0.2) is 0 Å². The van der Waals surface area contributed by atoms with Gasteiger partial charge < -0.3 is 0 Å². The number of benzene rings is 1. The van der Waals surface area contributed by atoms with Gasteiger partial charge in [0.25, 0.3) is 0 Å². The van der Waals surface area contributed by atoms with Crippen LogP contribution < -0.4 is 0 Å². The van der Waals surface area contributed by atoms with E-state index in [0.29, 0.717) is 0 Å². The number of aryl methyl sites for hydroxylation is 1. The molecule has 0 N–H and O–H groups in total. The number of unbranched alkanes of at least 4 members (excludes halogenated alkanes) is 9. The van der Waals surface area contributed by atoms with Crippen molar-refractivity contribution in [1.82, 2.24) is 0 Å². The molecule has 1 heterocycles. The summed E-state index contributed by atoms with van der Waals surface area (Å²) in [6.07, 6.45) is 16.3. The third-order valence-electron chi connectivity index (χ3n) is 5.67. The van der Waals surface area contributed by atoms with E-state index in [0.717, 1.165) is 16.0 Å². The molecule has 0 saturated heterocycles. The molecule has 0 unspecified atom stereocenters. The summed E-state index contributed by atoms with van der Waals surface area (Å²) in [4.78, 5) is 0. The highest BCUT2D eigenvalue weighted by Crippen LogP contribution is 2.39. The minimum atomic E-state index is 0.282. The Morgan fingerprint density at radius 3 is 2.00 bits per heavy atom. The molecule has 0 nitrogen and oxygen atoms in total. The van der Waals surface area contributed by atoms with Gasteiger partial charge in [0.1, 0.15) is 3.82 Å².